The van der Waals surface area contributed by atoms with E-state index in [1.165, 1.54) is 0 Å². The van der Waals surface area contributed by atoms with E-state index >= 15 is 0 Å². The molecule has 0 radical (unpaired) electrons. The lowest BCUT2D eigenvalue weighted by Crippen LogP contribution is -2.56. The van der Waals surface area contributed by atoms with E-state index in [2.05, 4.69) is 0 Å². The van der Waals surface area contributed by atoms with Gasteiger partial charge in [0, 0.05) is 11.8 Å². The smallest absolute Gasteiger partial charge is 0.306 e. The second-order valence-electron chi connectivity index (χ2n) is 4.96. The molecule has 0 bridgehead atoms. The first-order chi connectivity index (χ1) is 9.46. The van der Waals surface area contributed by atoms with Crippen LogP contribution in [0.15, 0.2) is 30.3 Å². The monoisotopic (exact) mass is 314 g/mol. The van der Waals surface area contributed by atoms with Crippen molar-refractivity contribution in [3.8, 4) is 0 Å². The number of carbonyl (C=O) groups excluding carboxylic acids is 2. The van der Waals surface area contributed by atoms with Gasteiger partial charge in [0.1, 0.15) is 6.61 Å². The molecule has 0 unspecified atom stereocenters. The fraction of sp³-hybridized carbons (Fsp3) is 0.467. The lowest BCUT2D eigenvalue weighted by Gasteiger charge is -2.44. The maximum Gasteiger partial charge on any atom is 0.306 e. The Morgan fingerprint density at radius 2 is 1.95 bits per heavy atom. The Kier molecular flexibility index (Phi) is 4.71. The van der Waals surface area contributed by atoms with Crippen molar-refractivity contribution < 1.29 is 14.3 Å². The van der Waals surface area contributed by atoms with Crippen LogP contribution in [0.4, 0.5) is 0 Å². The first-order valence-electron chi connectivity index (χ1n) is 6.58. The fourth-order valence-electron chi connectivity index (χ4n) is 2.49. The minimum absolute atomic E-state index is 0.0735. The quantitative estimate of drug-likeness (QED) is 0.617. The molecule has 3 nitrogen and oxygen atoms in total. The van der Waals surface area contributed by atoms with Crippen molar-refractivity contribution in [3.63, 3.8) is 0 Å². The number of esters is 1. The van der Waals surface area contributed by atoms with Crippen molar-refractivity contribution in [2.75, 3.05) is 0 Å². The normalized spacial score (nSPS) is 24.1. The van der Waals surface area contributed by atoms with E-state index in [0.29, 0.717) is 6.42 Å². The third-order valence-electron chi connectivity index (χ3n) is 3.69. The molecule has 0 N–H and O–H groups in total. The zero-order valence-electron chi connectivity index (χ0n) is 11.1. The Morgan fingerprint density at radius 1 is 1.30 bits per heavy atom. The maximum absolute atomic E-state index is 11.8. The summed E-state index contributed by atoms with van der Waals surface area (Å²) in [5, 5.41) is 0. The average Bonchev–Trinajstić information content (AvgIpc) is 2.46. The Morgan fingerprint density at radius 3 is 2.55 bits per heavy atom. The first kappa shape index (κ1) is 15.3. The van der Waals surface area contributed by atoms with Crippen LogP contribution in [0.3, 0.4) is 0 Å². The minimum Gasteiger partial charge on any atom is -0.461 e. The van der Waals surface area contributed by atoms with Crippen molar-refractivity contribution in [1.29, 1.82) is 0 Å². The lowest BCUT2D eigenvalue weighted by molar-refractivity contribution is -0.150. The van der Waals surface area contributed by atoms with E-state index in [1.807, 2.05) is 37.3 Å². The third-order valence-corrected chi connectivity index (χ3v) is 4.62. The molecular formula is C15H16Cl2O3. The summed E-state index contributed by atoms with van der Waals surface area (Å²) in [6.45, 7) is 2.10. The highest BCUT2D eigenvalue weighted by Crippen LogP contribution is 2.51. The predicted octanol–water partition coefficient (Wildman–Crippen LogP) is 3.52. The molecule has 1 aliphatic carbocycles. The number of Topliss-reactive ketones (excluding diaryl/α,β-unsaturated/α-hetero) is 1. The summed E-state index contributed by atoms with van der Waals surface area (Å²) in [5.74, 6) is -1.17. The van der Waals surface area contributed by atoms with Crippen LogP contribution >= 0.6 is 23.2 Å². The zero-order valence-corrected chi connectivity index (χ0v) is 12.7. The van der Waals surface area contributed by atoms with Gasteiger partial charge in [0.15, 0.2) is 10.1 Å². The summed E-state index contributed by atoms with van der Waals surface area (Å²) in [7, 11) is 0. The number of benzene rings is 1. The van der Waals surface area contributed by atoms with Gasteiger partial charge >= 0.3 is 5.97 Å². The third kappa shape index (κ3) is 2.99. The van der Waals surface area contributed by atoms with Crippen LogP contribution in [0.25, 0.3) is 0 Å². The summed E-state index contributed by atoms with van der Waals surface area (Å²) in [6.07, 6.45) is 0.709. The van der Waals surface area contributed by atoms with E-state index in [0.717, 1.165) is 5.56 Å². The van der Waals surface area contributed by atoms with Gasteiger partial charge in [-0.3, -0.25) is 9.59 Å². The molecular weight excluding hydrogens is 299 g/mol. The van der Waals surface area contributed by atoms with Gasteiger partial charge in [0.05, 0.1) is 6.42 Å². The number of alkyl halides is 2. The molecule has 1 aliphatic rings. The highest BCUT2D eigenvalue weighted by Gasteiger charge is 2.59. The van der Waals surface area contributed by atoms with E-state index in [9.17, 15) is 9.59 Å². The summed E-state index contributed by atoms with van der Waals surface area (Å²) >= 11 is 11.9. The molecule has 1 aromatic rings. The minimum atomic E-state index is -1.44. The van der Waals surface area contributed by atoms with Gasteiger partial charge in [-0.05, 0) is 12.0 Å². The van der Waals surface area contributed by atoms with Crippen molar-refractivity contribution in [2.24, 2.45) is 11.8 Å². The number of ether oxygens (including phenoxy) is 1. The molecule has 0 amide bonds. The van der Waals surface area contributed by atoms with Gasteiger partial charge in [0.25, 0.3) is 0 Å². The van der Waals surface area contributed by atoms with Crippen LogP contribution in [0, 0.1) is 11.8 Å². The number of halogens is 2. The summed E-state index contributed by atoms with van der Waals surface area (Å²) in [5.41, 5.74) is 0.917. The molecule has 0 spiro atoms. The van der Waals surface area contributed by atoms with Crippen molar-refractivity contribution in [1.82, 2.24) is 0 Å². The number of hydrogen-bond acceptors (Lipinski definition) is 3. The van der Waals surface area contributed by atoms with E-state index in [1.54, 1.807) is 0 Å². The average molecular weight is 315 g/mol. The first-order valence-corrected chi connectivity index (χ1v) is 7.34. The van der Waals surface area contributed by atoms with Gasteiger partial charge in [0.2, 0.25) is 0 Å². The molecule has 0 aliphatic heterocycles. The second-order valence-corrected chi connectivity index (χ2v) is 6.34. The molecule has 20 heavy (non-hydrogen) atoms. The largest absolute Gasteiger partial charge is 0.461 e. The molecule has 1 fully saturated rings. The lowest BCUT2D eigenvalue weighted by atomic mass is 9.68. The van der Waals surface area contributed by atoms with Crippen LogP contribution in [0.1, 0.15) is 25.3 Å². The van der Waals surface area contributed by atoms with Crippen molar-refractivity contribution in [3.05, 3.63) is 35.9 Å². The SMILES string of the molecule is CC[C@H]1C(=O)C(Cl)(Cl)[C@@H]1CC(=O)OCc1ccccc1. The van der Waals surface area contributed by atoms with E-state index in [-0.39, 0.29) is 36.6 Å². The van der Waals surface area contributed by atoms with Gasteiger partial charge in [-0.25, -0.2) is 0 Å². The number of rotatable bonds is 5. The van der Waals surface area contributed by atoms with Gasteiger partial charge in [-0.2, -0.15) is 0 Å². The van der Waals surface area contributed by atoms with Gasteiger partial charge < -0.3 is 4.74 Å². The highest BCUT2D eigenvalue weighted by molar-refractivity contribution is 6.60. The van der Waals surface area contributed by atoms with E-state index in [4.69, 9.17) is 27.9 Å². The number of carbonyl (C=O) groups is 2. The Bertz CT molecular complexity index is 499. The maximum atomic E-state index is 11.8. The molecule has 5 heteroatoms. The van der Waals surface area contributed by atoms with Crippen LogP contribution < -0.4 is 0 Å². The molecule has 2 rings (SSSR count). The molecule has 0 aromatic heterocycles. The van der Waals surface area contributed by atoms with Crippen LogP contribution in [0.5, 0.6) is 0 Å². The summed E-state index contributed by atoms with van der Waals surface area (Å²) in [6, 6.07) is 9.41. The molecule has 1 saturated carbocycles. The highest BCUT2D eigenvalue weighted by atomic mass is 35.5. The van der Waals surface area contributed by atoms with Gasteiger partial charge in [-0.1, -0.05) is 60.5 Å². The van der Waals surface area contributed by atoms with Crippen molar-refractivity contribution >= 4 is 35.0 Å². The van der Waals surface area contributed by atoms with Crippen molar-refractivity contribution in [2.45, 2.75) is 30.7 Å². The molecule has 2 atom stereocenters. The van der Waals surface area contributed by atoms with Crippen LogP contribution in [0.2, 0.25) is 0 Å². The molecule has 108 valence electrons. The fourth-order valence-corrected chi connectivity index (χ4v) is 3.22. The Labute approximate surface area is 128 Å². The van der Waals surface area contributed by atoms with Gasteiger partial charge in [-0.15, -0.1) is 0 Å². The Balaban J connectivity index is 1.87. The zero-order chi connectivity index (χ0) is 14.8. The second kappa shape index (κ2) is 6.15. The molecule has 0 saturated heterocycles. The summed E-state index contributed by atoms with van der Waals surface area (Å²) in [4.78, 5) is 23.5. The number of ketones is 1. The molecule has 1 aromatic carbocycles. The Hall–Kier alpha value is -1.06. The topological polar surface area (TPSA) is 43.4 Å². The summed E-state index contributed by atoms with van der Waals surface area (Å²) < 4.78 is 3.75. The van der Waals surface area contributed by atoms with Crippen LogP contribution in [-0.2, 0) is 20.9 Å². The van der Waals surface area contributed by atoms with E-state index < -0.39 is 4.33 Å². The standard InChI is InChI=1S/C15H16Cl2O3/c1-2-11-12(15(16,17)14(11)19)8-13(18)20-9-10-6-4-3-5-7-10/h3-7,11-12H,2,8-9H2,1H3/t11-,12-/m1/s1. The molecule has 0 heterocycles. The predicted molar refractivity (Wildman–Crippen MR) is 77.6 cm³/mol. The van der Waals surface area contributed by atoms with Crippen LogP contribution in [-0.4, -0.2) is 16.1 Å². The number of hydrogen-bond donors (Lipinski definition) is 0.